The average Bonchev–Trinajstić information content (AvgIpc) is 3.55. The monoisotopic (exact) mass is 578 g/mol. The van der Waals surface area contributed by atoms with Crippen LogP contribution in [0.25, 0.3) is 27.7 Å². The molecule has 7 rings (SSSR count). The summed E-state index contributed by atoms with van der Waals surface area (Å²) in [6.07, 6.45) is 7.50. The van der Waals surface area contributed by atoms with Gasteiger partial charge in [0, 0.05) is 57.9 Å². The van der Waals surface area contributed by atoms with E-state index < -0.39 is 17.2 Å². The summed E-state index contributed by atoms with van der Waals surface area (Å²) in [4.78, 5) is 35.4. The van der Waals surface area contributed by atoms with E-state index in [1.807, 2.05) is 75.8 Å². The lowest BCUT2D eigenvalue weighted by atomic mass is 10.0. The Morgan fingerprint density at radius 3 is 2.63 bits per heavy atom. The fourth-order valence-corrected chi connectivity index (χ4v) is 5.88. The normalized spacial score (nSPS) is 14.4. The second-order valence-electron chi connectivity index (χ2n) is 11.0. The molecule has 218 valence electrons. The number of benzene rings is 3. The van der Waals surface area contributed by atoms with Crippen molar-refractivity contribution in [1.82, 2.24) is 24.3 Å². The number of aryl methyl sites for hydroxylation is 1. The summed E-state index contributed by atoms with van der Waals surface area (Å²) in [6.45, 7) is 3.85. The maximum absolute atomic E-state index is 16.0. The van der Waals surface area contributed by atoms with E-state index in [0.717, 1.165) is 24.2 Å². The highest BCUT2D eigenvalue weighted by molar-refractivity contribution is 6.01. The van der Waals surface area contributed by atoms with Crippen LogP contribution in [0.2, 0.25) is 0 Å². The number of likely N-dealkylation sites (N-methyl/N-ethyl adjacent to an activating group) is 1. The van der Waals surface area contributed by atoms with Crippen LogP contribution in [-0.2, 0) is 6.54 Å². The number of ether oxygens (including phenoxy) is 1. The van der Waals surface area contributed by atoms with Crippen LogP contribution in [0, 0.1) is 5.82 Å². The minimum absolute atomic E-state index is 0.0502. The summed E-state index contributed by atoms with van der Waals surface area (Å²) < 4.78 is 26.1. The Labute approximate surface area is 247 Å². The van der Waals surface area contributed by atoms with E-state index in [4.69, 9.17) is 4.74 Å². The van der Waals surface area contributed by atoms with Gasteiger partial charge in [-0.3, -0.25) is 9.59 Å². The number of hydrogen-bond donors (Lipinski definition) is 1. The smallest absolute Gasteiger partial charge is 0.256 e. The van der Waals surface area contributed by atoms with Crippen molar-refractivity contribution >= 4 is 22.5 Å². The first-order valence-electron chi connectivity index (χ1n) is 14.4. The molecule has 0 unspecified atom stereocenters. The molecular weight excluding hydrogens is 547 g/mol. The highest BCUT2D eigenvalue weighted by atomic mass is 19.1. The second-order valence-corrected chi connectivity index (χ2v) is 11.0. The van der Waals surface area contributed by atoms with Crippen molar-refractivity contribution in [2.75, 3.05) is 44.7 Å². The Hall–Kier alpha value is -4.96. The summed E-state index contributed by atoms with van der Waals surface area (Å²) in [6, 6.07) is 17.0. The van der Waals surface area contributed by atoms with E-state index in [0.29, 0.717) is 61.0 Å². The van der Waals surface area contributed by atoms with Gasteiger partial charge < -0.3 is 29.0 Å². The molecule has 0 spiro atoms. The van der Waals surface area contributed by atoms with Gasteiger partial charge in [0.15, 0.2) is 17.3 Å². The van der Waals surface area contributed by atoms with Crippen molar-refractivity contribution in [3.05, 3.63) is 101 Å². The zero-order valence-electron chi connectivity index (χ0n) is 23.8. The number of pyridine rings is 1. The number of anilines is 1. The van der Waals surface area contributed by atoms with Crippen LogP contribution in [0.4, 0.5) is 10.1 Å². The van der Waals surface area contributed by atoms with Crippen molar-refractivity contribution < 1.29 is 13.9 Å². The summed E-state index contributed by atoms with van der Waals surface area (Å²) in [5.74, 6) is -0.231. The van der Waals surface area contributed by atoms with Gasteiger partial charge in [0.05, 0.1) is 17.4 Å². The molecule has 5 aromatic rings. The van der Waals surface area contributed by atoms with Crippen LogP contribution >= 0.6 is 0 Å². The standard InChI is InChI=1S/C33H31FN6O3/c1-37-14-16-39(17-15-37)30-26(34)19-24-29-32(30)43-28-9-8-23(22-6-3-2-4-7-22)18-27(28)40(29)20-25(31(24)41)33(42)36-10-5-12-38-13-11-35-21-38/h2-4,6-9,11,13,18-21H,5,10,12,14-17H2,1H3,(H,36,42). The first kappa shape index (κ1) is 26.9. The lowest BCUT2D eigenvalue weighted by Gasteiger charge is -2.36. The molecule has 1 saturated heterocycles. The summed E-state index contributed by atoms with van der Waals surface area (Å²) >= 11 is 0. The first-order valence-corrected chi connectivity index (χ1v) is 14.4. The number of nitrogens with one attached hydrogen (secondary N) is 1. The third-order valence-electron chi connectivity index (χ3n) is 8.21. The molecule has 4 heterocycles. The minimum Gasteiger partial charge on any atom is -0.451 e. The van der Waals surface area contributed by atoms with Crippen LogP contribution in [0.1, 0.15) is 16.8 Å². The Kier molecular flexibility index (Phi) is 6.90. The number of imidazole rings is 1. The average molecular weight is 579 g/mol. The number of aromatic nitrogens is 3. The molecule has 2 aliphatic heterocycles. The molecule has 0 radical (unpaired) electrons. The van der Waals surface area contributed by atoms with Gasteiger partial charge in [0.1, 0.15) is 16.8 Å². The number of halogens is 1. The van der Waals surface area contributed by atoms with Gasteiger partial charge in [-0.05, 0) is 42.8 Å². The van der Waals surface area contributed by atoms with E-state index in [2.05, 4.69) is 15.2 Å². The van der Waals surface area contributed by atoms with E-state index in [-0.39, 0.29) is 10.9 Å². The van der Waals surface area contributed by atoms with E-state index >= 15 is 4.39 Å². The minimum atomic E-state index is -0.544. The van der Waals surface area contributed by atoms with Gasteiger partial charge in [0.25, 0.3) is 5.91 Å². The molecule has 9 nitrogen and oxygen atoms in total. The van der Waals surface area contributed by atoms with Gasteiger partial charge in [0.2, 0.25) is 5.43 Å². The molecule has 0 atom stereocenters. The molecule has 1 N–H and O–H groups in total. The topological polar surface area (TPSA) is 84.6 Å². The van der Waals surface area contributed by atoms with Gasteiger partial charge in [-0.15, -0.1) is 0 Å². The molecule has 43 heavy (non-hydrogen) atoms. The number of amides is 1. The van der Waals surface area contributed by atoms with Crippen LogP contribution in [0.3, 0.4) is 0 Å². The van der Waals surface area contributed by atoms with Gasteiger partial charge >= 0.3 is 0 Å². The molecule has 3 aromatic carbocycles. The molecule has 2 aromatic heterocycles. The van der Waals surface area contributed by atoms with Crippen molar-refractivity contribution in [3.8, 4) is 28.3 Å². The number of piperazine rings is 1. The number of fused-ring (bicyclic) bond motifs is 2. The molecule has 1 amide bonds. The zero-order chi connectivity index (χ0) is 29.5. The summed E-state index contributed by atoms with van der Waals surface area (Å²) in [5.41, 5.74) is 2.84. The Morgan fingerprint density at radius 2 is 1.86 bits per heavy atom. The zero-order valence-corrected chi connectivity index (χ0v) is 23.8. The van der Waals surface area contributed by atoms with Crippen LogP contribution in [0.5, 0.6) is 11.5 Å². The molecule has 2 aliphatic rings. The number of carbonyl (C=O) groups is 1. The second kappa shape index (κ2) is 11.0. The maximum atomic E-state index is 16.0. The van der Waals surface area contributed by atoms with E-state index in [1.54, 1.807) is 18.7 Å². The van der Waals surface area contributed by atoms with Crippen molar-refractivity contribution in [1.29, 1.82) is 0 Å². The van der Waals surface area contributed by atoms with E-state index in [1.165, 1.54) is 6.07 Å². The largest absolute Gasteiger partial charge is 0.451 e. The van der Waals surface area contributed by atoms with Gasteiger partial charge in [-0.2, -0.15) is 0 Å². The highest BCUT2D eigenvalue weighted by Crippen LogP contribution is 2.47. The Balaban J connectivity index is 1.34. The number of rotatable bonds is 7. The van der Waals surface area contributed by atoms with Gasteiger partial charge in [-0.1, -0.05) is 36.4 Å². The SMILES string of the molecule is CN1CCN(c2c(F)cc3c(=O)c(C(=O)NCCCn4ccnc4)cn4c3c2Oc2ccc(-c3ccccc3)cc2-4)CC1. The van der Waals surface area contributed by atoms with E-state index in [9.17, 15) is 9.59 Å². The quantitative estimate of drug-likeness (QED) is 0.277. The Morgan fingerprint density at radius 1 is 1.05 bits per heavy atom. The molecule has 10 heteroatoms. The summed E-state index contributed by atoms with van der Waals surface area (Å²) in [5, 5.41) is 2.97. The van der Waals surface area contributed by atoms with Crippen LogP contribution < -0.4 is 20.4 Å². The predicted octanol–water partition coefficient (Wildman–Crippen LogP) is 4.67. The predicted molar refractivity (Wildman–Crippen MR) is 164 cm³/mol. The molecule has 0 saturated carbocycles. The third kappa shape index (κ3) is 4.93. The number of carbonyl (C=O) groups excluding carboxylic acids is 1. The van der Waals surface area contributed by atoms with Crippen molar-refractivity contribution in [3.63, 3.8) is 0 Å². The molecule has 0 bridgehead atoms. The lowest BCUT2D eigenvalue weighted by molar-refractivity contribution is 0.0951. The molecular formula is C33H31FN6O3. The first-order chi connectivity index (χ1) is 21.0. The summed E-state index contributed by atoms with van der Waals surface area (Å²) in [7, 11) is 2.04. The fourth-order valence-electron chi connectivity index (χ4n) is 5.88. The number of hydrogen-bond acceptors (Lipinski definition) is 6. The van der Waals surface area contributed by atoms with Crippen LogP contribution in [0.15, 0.2) is 84.3 Å². The highest BCUT2D eigenvalue weighted by Gasteiger charge is 2.31. The Bertz CT molecular complexity index is 1880. The van der Waals surface area contributed by atoms with Crippen molar-refractivity contribution in [2.45, 2.75) is 13.0 Å². The molecule has 0 aliphatic carbocycles. The maximum Gasteiger partial charge on any atom is 0.256 e. The third-order valence-corrected chi connectivity index (χ3v) is 8.21. The molecule has 1 fully saturated rings. The van der Waals surface area contributed by atoms with Crippen molar-refractivity contribution in [2.24, 2.45) is 0 Å². The fraction of sp³-hybridized carbons (Fsp3) is 0.242. The lowest BCUT2D eigenvalue weighted by Crippen LogP contribution is -2.45. The number of nitrogens with zero attached hydrogens (tertiary/aromatic N) is 5. The van der Waals surface area contributed by atoms with Crippen LogP contribution in [-0.4, -0.2) is 64.7 Å². The van der Waals surface area contributed by atoms with Gasteiger partial charge in [-0.25, -0.2) is 9.37 Å².